The third kappa shape index (κ3) is 2.88. The van der Waals surface area contributed by atoms with Gasteiger partial charge in [-0.25, -0.2) is 4.79 Å². The lowest BCUT2D eigenvalue weighted by molar-refractivity contribution is -0.121. The topological polar surface area (TPSA) is 78.4 Å². The van der Waals surface area contributed by atoms with Gasteiger partial charge in [-0.2, -0.15) is 0 Å². The maximum Gasteiger partial charge on any atom is 0.337 e. The summed E-state index contributed by atoms with van der Waals surface area (Å²) in [5.41, 5.74) is -0.186. The zero-order valence-corrected chi connectivity index (χ0v) is 11.3. The highest BCUT2D eigenvalue weighted by atomic mass is 35.5. The van der Waals surface area contributed by atoms with Crippen LogP contribution in [0.15, 0.2) is 18.2 Å². The van der Waals surface area contributed by atoms with E-state index in [0.717, 1.165) is 19.4 Å². The number of nitrogens with one attached hydrogen (secondary N) is 2. The van der Waals surface area contributed by atoms with E-state index in [4.69, 9.17) is 16.7 Å². The number of hydrogen-bond acceptors (Lipinski definition) is 3. The summed E-state index contributed by atoms with van der Waals surface area (Å²) in [5.74, 6) is -1.28. The molecule has 0 aliphatic carbocycles. The van der Waals surface area contributed by atoms with Crippen molar-refractivity contribution in [3.8, 4) is 0 Å². The summed E-state index contributed by atoms with van der Waals surface area (Å²) in [4.78, 5) is 23.1. The molecule has 1 heterocycles. The van der Waals surface area contributed by atoms with Gasteiger partial charge in [-0.3, -0.25) is 4.79 Å². The van der Waals surface area contributed by atoms with Gasteiger partial charge in [0.15, 0.2) is 0 Å². The Bertz CT molecular complexity index is 525. The number of hydrogen-bond donors (Lipinski definition) is 3. The molecule has 1 aliphatic heterocycles. The minimum absolute atomic E-state index is 0.0241. The Hall–Kier alpha value is -1.59. The van der Waals surface area contributed by atoms with Crippen LogP contribution in [0.25, 0.3) is 0 Å². The molecule has 2 rings (SSSR count). The second kappa shape index (κ2) is 5.19. The fourth-order valence-electron chi connectivity index (χ4n) is 2.12. The molecule has 1 saturated heterocycles. The van der Waals surface area contributed by atoms with Gasteiger partial charge in [0.05, 0.1) is 16.1 Å². The van der Waals surface area contributed by atoms with E-state index < -0.39 is 11.5 Å². The average molecular weight is 283 g/mol. The number of anilines is 1. The predicted molar refractivity (Wildman–Crippen MR) is 72.7 cm³/mol. The molecule has 3 N–H and O–H groups in total. The van der Waals surface area contributed by atoms with Gasteiger partial charge in [0, 0.05) is 5.69 Å². The van der Waals surface area contributed by atoms with E-state index in [1.54, 1.807) is 6.07 Å². The van der Waals surface area contributed by atoms with Gasteiger partial charge in [-0.15, -0.1) is 0 Å². The quantitative estimate of drug-likeness (QED) is 0.793. The van der Waals surface area contributed by atoms with Crippen molar-refractivity contribution < 1.29 is 14.7 Å². The molecule has 6 heteroatoms. The van der Waals surface area contributed by atoms with Crippen molar-refractivity contribution in [2.75, 3.05) is 11.9 Å². The Morgan fingerprint density at radius 2 is 2.21 bits per heavy atom. The summed E-state index contributed by atoms with van der Waals surface area (Å²) in [5, 5.41) is 15.0. The first-order chi connectivity index (χ1) is 8.92. The standard InChI is InChI=1S/C13H15ClN2O3/c1-13(5-2-6-15-13)12(19)16-8-3-4-10(14)9(7-8)11(17)18/h3-4,7,15H,2,5-6H2,1H3,(H,16,19)(H,17,18). The first-order valence-corrected chi connectivity index (χ1v) is 6.39. The predicted octanol–water partition coefficient (Wildman–Crippen LogP) is 2.12. The molecule has 102 valence electrons. The number of carboxylic acids is 1. The molecule has 0 saturated carbocycles. The Kier molecular flexibility index (Phi) is 3.78. The third-order valence-corrected chi connectivity index (χ3v) is 3.65. The zero-order chi connectivity index (χ0) is 14.0. The van der Waals surface area contributed by atoms with Crippen LogP contribution in [0.1, 0.15) is 30.1 Å². The number of carbonyl (C=O) groups is 2. The molecule has 1 fully saturated rings. The summed E-state index contributed by atoms with van der Waals surface area (Å²) in [6, 6.07) is 4.41. The maximum absolute atomic E-state index is 12.1. The lowest BCUT2D eigenvalue weighted by Crippen LogP contribution is -2.47. The first-order valence-electron chi connectivity index (χ1n) is 6.02. The second-order valence-electron chi connectivity index (χ2n) is 4.82. The van der Waals surface area contributed by atoms with Gasteiger partial charge < -0.3 is 15.7 Å². The van der Waals surface area contributed by atoms with E-state index in [1.807, 2.05) is 6.92 Å². The van der Waals surface area contributed by atoms with Crippen molar-refractivity contribution in [3.05, 3.63) is 28.8 Å². The molecule has 0 bridgehead atoms. The van der Waals surface area contributed by atoms with Crippen LogP contribution < -0.4 is 10.6 Å². The average Bonchev–Trinajstić information content (AvgIpc) is 2.79. The molecule has 1 aromatic rings. The molecule has 1 amide bonds. The highest BCUT2D eigenvalue weighted by molar-refractivity contribution is 6.33. The van der Waals surface area contributed by atoms with Gasteiger partial charge in [-0.05, 0) is 44.5 Å². The summed E-state index contributed by atoms with van der Waals surface area (Å²) in [7, 11) is 0. The number of rotatable bonds is 3. The number of carboxylic acid groups (broad SMARTS) is 1. The van der Waals surface area contributed by atoms with Gasteiger partial charge in [0.1, 0.15) is 0 Å². The number of aromatic carboxylic acids is 1. The largest absolute Gasteiger partial charge is 0.478 e. The Labute approximate surface area is 116 Å². The van der Waals surface area contributed by atoms with Gasteiger partial charge >= 0.3 is 5.97 Å². The molecular weight excluding hydrogens is 268 g/mol. The first kappa shape index (κ1) is 13.8. The van der Waals surface area contributed by atoms with E-state index >= 15 is 0 Å². The van der Waals surface area contributed by atoms with Crippen LogP contribution in [0, 0.1) is 0 Å². The molecule has 0 aromatic heterocycles. The molecular formula is C13H15ClN2O3. The van der Waals surface area contributed by atoms with Crippen LogP contribution in [0.2, 0.25) is 5.02 Å². The van der Waals surface area contributed by atoms with Crippen molar-refractivity contribution >= 4 is 29.2 Å². The normalized spacial score (nSPS) is 22.2. The fraction of sp³-hybridized carbons (Fsp3) is 0.385. The minimum Gasteiger partial charge on any atom is -0.478 e. The van der Waals surface area contributed by atoms with Crippen molar-refractivity contribution in [2.24, 2.45) is 0 Å². The minimum atomic E-state index is -1.12. The number of carbonyl (C=O) groups excluding carboxylic acids is 1. The molecule has 0 spiro atoms. The van der Waals surface area contributed by atoms with E-state index in [0.29, 0.717) is 5.69 Å². The molecule has 5 nitrogen and oxygen atoms in total. The molecule has 19 heavy (non-hydrogen) atoms. The summed E-state index contributed by atoms with van der Waals surface area (Å²) in [6.45, 7) is 2.65. The van der Waals surface area contributed by atoms with Crippen LogP contribution in [-0.2, 0) is 4.79 Å². The monoisotopic (exact) mass is 282 g/mol. The van der Waals surface area contributed by atoms with Crippen LogP contribution >= 0.6 is 11.6 Å². The number of amides is 1. The van der Waals surface area contributed by atoms with E-state index in [9.17, 15) is 9.59 Å². The van der Waals surface area contributed by atoms with Crippen molar-refractivity contribution in [3.63, 3.8) is 0 Å². The molecule has 0 radical (unpaired) electrons. The number of benzene rings is 1. The zero-order valence-electron chi connectivity index (χ0n) is 10.5. The fourth-order valence-corrected chi connectivity index (χ4v) is 2.32. The summed E-state index contributed by atoms with van der Waals surface area (Å²) >= 11 is 5.78. The molecule has 1 unspecified atom stereocenters. The second-order valence-corrected chi connectivity index (χ2v) is 5.22. The van der Waals surface area contributed by atoms with Crippen molar-refractivity contribution in [1.29, 1.82) is 0 Å². The van der Waals surface area contributed by atoms with E-state index in [2.05, 4.69) is 10.6 Å². The van der Waals surface area contributed by atoms with E-state index in [-0.39, 0.29) is 16.5 Å². The SMILES string of the molecule is CC1(C(=O)Nc2ccc(Cl)c(C(=O)O)c2)CCCN1. The lowest BCUT2D eigenvalue weighted by Gasteiger charge is -2.23. The third-order valence-electron chi connectivity index (χ3n) is 3.32. The van der Waals surface area contributed by atoms with Crippen molar-refractivity contribution in [1.82, 2.24) is 5.32 Å². The van der Waals surface area contributed by atoms with Crippen LogP contribution in [-0.4, -0.2) is 29.1 Å². The highest BCUT2D eigenvalue weighted by Gasteiger charge is 2.35. The van der Waals surface area contributed by atoms with Gasteiger partial charge in [-0.1, -0.05) is 11.6 Å². The summed E-state index contributed by atoms with van der Waals surface area (Å²) in [6.07, 6.45) is 1.71. The maximum atomic E-state index is 12.1. The van der Waals surface area contributed by atoms with Crippen LogP contribution in [0.5, 0.6) is 0 Å². The lowest BCUT2D eigenvalue weighted by atomic mass is 9.99. The molecule has 1 atom stereocenters. The van der Waals surface area contributed by atoms with E-state index in [1.165, 1.54) is 12.1 Å². The van der Waals surface area contributed by atoms with Crippen LogP contribution in [0.3, 0.4) is 0 Å². The van der Waals surface area contributed by atoms with Gasteiger partial charge in [0.25, 0.3) is 0 Å². The Morgan fingerprint density at radius 1 is 1.47 bits per heavy atom. The van der Waals surface area contributed by atoms with Gasteiger partial charge in [0.2, 0.25) is 5.91 Å². The smallest absolute Gasteiger partial charge is 0.337 e. The van der Waals surface area contributed by atoms with Crippen molar-refractivity contribution in [2.45, 2.75) is 25.3 Å². The summed E-state index contributed by atoms with van der Waals surface area (Å²) < 4.78 is 0. The Morgan fingerprint density at radius 3 is 2.79 bits per heavy atom. The highest BCUT2D eigenvalue weighted by Crippen LogP contribution is 2.24. The molecule has 1 aromatic carbocycles. The Balaban J connectivity index is 2.17. The molecule has 1 aliphatic rings. The number of halogens is 1. The van der Waals surface area contributed by atoms with Crippen LogP contribution in [0.4, 0.5) is 5.69 Å².